The smallest absolute Gasteiger partial charge is 0.291 e. The van der Waals surface area contributed by atoms with Crippen molar-refractivity contribution in [3.8, 4) is 0 Å². The van der Waals surface area contributed by atoms with Crippen LogP contribution in [0.1, 0.15) is 16.1 Å². The van der Waals surface area contributed by atoms with Gasteiger partial charge in [-0.2, -0.15) is 0 Å². The van der Waals surface area contributed by atoms with Crippen LogP contribution in [0.3, 0.4) is 0 Å². The van der Waals surface area contributed by atoms with Gasteiger partial charge in [-0.1, -0.05) is 34.1 Å². The first-order chi connectivity index (χ1) is 9.65. The Labute approximate surface area is 124 Å². The molecule has 0 fully saturated rings. The highest BCUT2D eigenvalue weighted by Crippen LogP contribution is 2.28. The number of hydrogen-bond acceptors (Lipinski definition) is 2. The molecule has 0 spiro atoms. The highest BCUT2D eigenvalue weighted by Gasteiger charge is 2.17. The van der Waals surface area contributed by atoms with E-state index >= 15 is 0 Å². The zero-order chi connectivity index (χ0) is 14.1. The first-order valence-electron chi connectivity index (χ1n) is 6.20. The van der Waals surface area contributed by atoms with Crippen molar-refractivity contribution in [2.45, 2.75) is 6.92 Å². The van der Waals surface area contributed by atoms with Gasteiger partial charge in [0.15, 0.2) is 5.76 Å². The maximum Gasteiger partial charge on any atom is 0.291 e. The lowest BCUT2D eigenvalue weighted by molar-refractivity contribution is 0.0998. The molecule has 0 bridgehead atoms. The summed E-state index contributed by atoms with van der Waals surface area (Å²) in [5.74, 6) is 0.114. The minimum atomic E-state index is -0.235. The van der Waals surface area contributed by atoms with Crippen molar-refractivity contribution in [3.05, 3.63) is 64.3 Å². The number of benzene rings is 2. The van der Waals surface area contributed by atoms with Crippen molar-refractivity contribution in [2.75, 3.05) is 5.32 Å². The summed E-state index contributed by atoms with van der Waals surface area (Å²) in [7, 11) is 0. The number of hydrogen-bond donors (Lipinski definition) is 1. The number of amides is 1. The Hall–Kier alpha value is -2.07. The summed E-state index contributed by atoms with van der Waals surface area (Å²) in [6, 6.07) is 15.0. The van der Waals surface area contributed by atoms with E-state index in [-0.39, 0.29) is 5.91 Å². The number of nitrogens with one attached hydrogen (secondary N) is 1. The highest BCUT2D eigenvalue weighted by atomic mass is 79.9. The summed E-state index contributed by atoms with van der Waals surface area (Å²) in [4.78, 5) is 12.3. The van der Waals surface area contributed by atoms with E-state index in [4.69, 9.17) is 4.42 Å². The van der Waals surface area contributed by atoms with Crippen LogP contribution in [0.4, 0.5) is 5.69 Å². The number of furan rings is 1. The second-order valence-electron chi connectivity index (χ2n) is 4.52. The molecule has 4 heteroatoms. The Balaban J connectivity index is 1.98. The minimum Gasteiger partial charge on any atom is -0.451 e. The SMILES string of the molecule is Cc1c(C(=O)Nc2ccccc2)oc2ccc(Br)cc12. The molecular formula is C16H12BrNO2. The lowest BCUT2D eigenvalue weighted by Gasteiger charge is -2.02. The number of anilines is 1. The molecule has 3 nitrogen and oxygen atoms in total. The number of para-hydroxylation sites is 1. The second-order valence-corrected chi connectivity index (χ2v) is 5.43. The fourth-order valence-electron chi connectivity index (χ4n) is 2.12. The van der Waals surface area contributed by atoms with E-state index in [1.807, 2.05) is 55.5 Å². The summed E-state index contributed by atoms with van der Waals surface area (Å²) >= 11 is 3.42. The summed E-state index contributed by atoms with van der Waals surface area (Å²) in [6.07, 6.45) is 0. The number of halogens is 1. The largest absolute Gasteiger partial charge is 0.451 e. The van der Waals surface area contributed by atoms with E-state index < -0.39 is 0 Å². The van der Waals surface area contributed by atoms with Gasteiger partial charge in [0, 0.05) is 21.1 Å². The van der Waals surface area contributed by atoms with Gasteiger partial charge in [0.2, 0.25) is 0 Å². The molecule has 0 saturated heterocycles. The fourth-order valence-corrected chi connectivity index (χ4v) is 2.48. The molecule has 0 saturated carbocycles. The van der Waals surface area contributed by atoms with Gasteiger partial charge in [0.25, 0.3) is 5.91 Å². The van der Waals surface area contributed by atoms with Crippen molar-refractivity contribution >= 4 is 38.5 Å². The third-order valence-electron chi connectivity index (χ3n) is 3.14. The second kappa shape index (κ2) is 5.13. The van der Waals surface area contributed by atoms with Crippen molar-refractivity contribution in [2.24, 2.45) is 0 Å². The zero-order valence-electron chi connectivity index (χ0n) is 10.8. The van der Waals surface area contributed by atoms with Crippen LogP contribution in [0.2, 0.25) is 0 Å². The van der Waals surface area contributed by atoms with E-state index in [1.165, 1.54) is 0 Å². The molecule has 0 atom stereocenters. The average molecular weight is 330 g/mol. The third-order valence-corrected chi connectivity index (χ3v) is 3.63. The van der Waals surface area contributed by atoms with Crippen molar-refractivity contribution in [1.29, 1.82) is 0 Å². The van der Waals surface area contributed by atoms with Gasteiger partial charge in [-0.25, -0.2) is 0 Å². The van der Waals surface area contributed by atoms with Gasteiger partial charge < -0.3 is 9.73 Å². The summed E-state index contributed by atoms with van der Waals surface area (Å²) in [6.45, 7) is 1.89. The van der Waals surface area contributed by atoms with Gasteiger partial charge in [-0.15, -0.1) is 0 Å². The van der Waals surface area contributed by atoms with Gasteiger partial charge in [-0.3, -0.25) is 4.79 Å². The lowest BCUT2D eigenvalue weighted by Crippen LogP contribution is -2.11. The summed E-state index contributed by atoms with van der Waals surface area (Å²) < 4.78 is 6.62. The molecule has 0 aliphatic rings. The molecule has 0 aliphatic heterocycles. The highest BCUT2D eigenvalue weighted by molar-refractivity contribution is 9.10. The van der Waals surface area contributed by atoms with Crippen LogP contribution in [0.15, 0.2) is 57.4 Å². The Morgan fingerprint density at radius 1 is 1.15 bits per heavy atom. The van der Waals surface area contributed by atoms with Gasteiger partial charge in [0.05, 0.1) is 0 Å². The van der Waals surface area contributed by atoms with Crippen LogP contribution >= 0.6 is 15.9 Å². The molecule has 1 amide bonds. The minimum absolute atomic E-state index is 0.235. The molecule has 2 aromatic carbocycles. The molecule has 0 aliphatic carbocycles. The normalized spacial score (nSPS) is 10.7. The van der Waals surface area contributed by atoms with Crippen LogP contribution in [0.5, 0.6) is 0 Å². The van der Waals surface area contributed by atoms with E-state index in [2.05, 4.69) is 21.2 Å². The van der Waals surface area contributed by atoms with E-state index in [9.17, 15) is 4.79 Å². The number of fused-ring (bicyclic) bond motifs is 1. The van der Waals surface area contributed by atoms with Gasteiger partial charge >= 0.3 is 0 Å². The van der Waals surface area contributed by atoms with Gasteiger partial charge in [0.1, 0.15) is 5.58 Å². The maximum absolute atomic E-state index is 12.3. The molecule has 100 valence electrons. The first-order valence-corrected chi connectivity index (χ1v) is 6.99. The number of aryl methyl sites for hydroxylation is 1. The molecule has 0 radical (unpaired) electrons. The number of carbonyl (C=O) groups is 1. The molecule has 20 heavy (non-hydrogen) atoms. The van der Waals surface area contributed by atoms with Crippen LogP contribution < -0.4 is 5.32 Å². The van der Waals surface area contributed by atoms with Crippen LogP contribution in [-0.2, 0) is 0 Å². The number of carbonyl (C=O) groups excluding carboxylic acids is 1. The maximum atomic E-state index is 12.3. The van der Waals surface area contributed by atoms with Crippen molar-refractivity contribution in [1.82, 2.24) is 0 Å². The topological polar surface area (TPSA) is 42.2 Å². The van der Waals surface area contributed by atoms with Crippen LogP contribution in [0.25, 0.3) is 11.0 Å². The lowest BCUT2D eigenvalue weighted by atomic mass is 10.1. The van der Waals surface area contributed by atoms with Crippen LogP contribution in [-0.4, -0.2) is 5.91 Å². The summed E-state index contributed by atoms with van der Waals surface area (Å²) in [5, 5.41) is 3.77. The fraction of sp³-hybridized carbons (Fsp3) is 0.0625. The monoisotopic (exact) mass is 329 g/mol. The predicted molar refractivity (Wildman–Crippen MR) is 83.0 cm³/mol. The Morgan fingerprint density at radius 3 is 2.65 bits per heavy atom. The molecular weight excluding hydrogens is 318 g/mol. The standard InChI is InChI=1S/C16H12BrNO2/c1-10-13-9-11(17)7-8-14(13)20-15(10)16(19)18-12-5-3-2-4-6-12/h2-9H,1H3,(H,18,19). The zero-order valence-corrected chi connectivity index (χ0v) is 12.4. The van der Waals surface area contributed by atoms with E-state index in [1.54, 1.807) is 0 Å². The Kier molecular flexibility index (Phi) is 3.32. The molecule has 3 aromatic rings. The van der Waals surface area contributed by atoms with Gasteiger partial charge in [-0.05, 0) is 37.3 Å². The third kappa shape index (κ3) is 2.34. The van der Waals surface area contributed by atoms with Crippen molar-refractivity contribution < 1.29 is 9.21 Å². The first kappa shape index (κ1) is 12.9. The van der Waals surface area contributed by atoms with E-state index in [0.717, 1.165) is 21.1 Å². The molecule has 0 unspecified atom stereocenters. The van der Waals surface area contributed by atoms with Crippen molar-refractivity contribution in [3.63, 3.8) is 0 Å². The average Bonchev–Trinajstić information content (AvgIpc) is 2.77. The van der Waals surface area contributed by atoms with E-state index in [0.29, 0.717) is 11.3 Å². The quantitative estimate of drug-likeness (QED) is 0.736. The number of rotatable bonds is 2. The molecule has 1 aromatic heterocycles. The Bertz CT molecular complexity index is 778. The predicted octanol–water partition coefficient (Wildman–Crippen LogP) is 4.76. The summed E-state index contributed by atoms with van der Waals surface area (Å²) in [5.41, 5.74) is 2.30. The Morgan fingerprint density at radius 2 is 1.90 bits per heavy atom. The molecule has 1 N–H and O–H groups in total. The molecule has 3 rings (SSSR count). The molecule has 1 heterocycles. The van der Waals surface area contributed by atoms with Crippen LogP contribution in [0, 0.1) is 6.92 Å².